The van der Waals surface area contributed by atoms with Crippen molar-refractivity contribution in [2.24, 2.45) is 0 Å². The zero-order chi connectivity index (χ0) is 24.2. The normalized spacial score (nSPS) is 23.7. The first-order valence-corrected chi connectivity index (χ1v) is 13.2. The maximum absolute atomic E-state index is 13.1. The first-order valence-electron chi connectivity index (χ1n) is 13.2. The predicted molar refractivity (Wildman–Crippen MR) is 140 cm³/mol. The van der Waals surface area contributed by atoms with E-state index in [-0.39, 0.29) is 11.7 Å². The highest BCUT2D eigenvalue weighted by molar-refractivity contribution is 5.95. The van der Waals surface area contributed by atoms with Crippen molar-refractivity contribution < 1.29 is 9.90 Å². The molecule has 186 valence electrons. The minimum atomic E-state index is -0.0604. The van der Waals surface area contributed by atoms with Gasteiger partial charge in [-0.15, -0.1) is 6.58 Å². The van der Waals surface area contributed by atoms with Crippen LogP contribution in [0, 0.1) is 0 Å². The number of hydrogen-bond donors (Lipinski definition) is 2. The summed E-state index contributed by atoms with van der Waals surface area (Å²) in [7, 11) is 0. The van der Waals surface area contributed by atoms with Crippen LogP contribution in [0.3, 0.4) is 0 Å². The molecule has 35 heavy (non-hydrogen) atoms. The maximum Gasteiger partial charge on any atom is 0.265 e. The van der Waals surface area contributed by atoms with Crippen molar-refractivity contribution in [3.05, 3.63) is 66.2 Å². The molecule has 6 heteroatoms. The fourth-order valence-electron chi connectivity index (χ4n) is 6.06. The van der Waals surface area contributed by atoms with Gasteiger partial charge < -0.3 is 5.11 Å². The monoisotopic (exact) mass is 474 g/mol. The molecule has 3 heterocycles. The van der Waals surface area contributed by atoms with Crippen LogP contribution in [0.1, 0.15) is 54.4 Å². The van der Waals surface area contributed by atoms with Crippen molar-refractivity contribution in [1.29, 1.82) is 0 Å². The number of rotatable bonds is 7. The number of likely N-dealkylation sites (tertiary alicyclic amines) is 1. The lowest BCUT2D eigenvalue weighted by Crippen LogP contribution is -2.45. The van der Waals surface area contributed by atoms with Gasteiger partial charge in [0.25, 0.3) is 5.91 Å². The Morgan fingerprint density at radius 1 is 1.03 bits per heavy atom. The molecule has 0 saturated carbocycles. The largest absolute Gasteiger partial charge is 0.508 e. The molecule has 2 atom stereocenters. The summed E-state index contributed by atoms with van der Waals surface area (Å²) in [6, 6.07) is 14.6. The van der Waals surface area contributed by atoms with E-state index in [0.717, 1.165) is 63.2 Å². The van der Waals surface area contributed by atoms with E-state index in [1.165, 1.54) is 31.2 Å². The number of phenolic OH excluding ortho intramolecular Hbond substituents is 1. The van der Waals surface area contributed by atoms with Gasteiger partial charge in [0.1, 0.15) is 5.75 Å². The number of phenols is 1. The van der Waals surface area contributed by atoms with Crippen molar-refractivity contribution in [3.63, 3.8) is 0 Å². The zero-order valence-corrected chi connectivity index (χ0v) is 20.7. The van der Waals surface area contributed by atoms with Gasteiger partial charge in [0, 0.05) is 56.9 Å². The second-order valence-electron chi connectivity index (χ2n) is 10.3. The number of nitrogens with one attached hydrogen (secondary N) is 1. The summed E-state index contributed by atoms with van der Waals surface area (Å²) in [6.07, 6.45) is 9.15. The van der Waals surface area contributed by atoms with Crippen molar-refractivity contribution in [2.75, 3.05) is 32.7 Å². The number of aromatic hydroxyl groups is 1. The molecule has 6 nitrogen and oxygen atoms in total. The molecule has 3 aliphatic rings. The van der Waals surface area contributed by atoms with E-state index in [0.29, 0.717) is 17.6 Å². The van der Waals surface area contributed by atoms with Crippen LogP contribution in [0.15, 0.2) is 55.1 Å². The highest BCUT2D eigenvalue weighted by Gasteiger charge is 2.37. The Morgan fingerprint density at radius 2 is 1.86 bits per heavy atom. The van der Waals surface area contributed by atoms with E-state index in [9.17, 15) is 9.90 Å². The smallest absolute Gasteiger partial charge is 0.265 e. The molecule has 0 spiro atoms. The average Bonchev–Trinajstić information content (AvgIpc) is 3.15. The highest BCUT2D eigenvalue weighted by Crippen LogP contribution is 2.35. The van der Waals surface area contributed by atoms with E-state index in [4.69, 9.17) is 0 Å². The fourth-order valence-corrected chi connectivity index (χ4v) is 6.06. The Labute approximate surface area is 209 Å². The molecule has 2 bridgehead atoms. The predicted octanol–water partition coefficient (Wildman–Crippen LogP) is 4.41. The fraction of sp³-hybridized carbons (Fsp3) is 0.483. The van der Waals surface area contributed by atoms with E-state index >= 15 is 0 Å². The lowest BCUT2D eigenvalue weighted by molar-refractivity contribution is 0.0750. The summed E-state index contributed by atoms with van der Waals surface area (Å²) in [5.74, 6) is 0.182. The van der Waals surface area contributed by atoms with Crippen LogP contribution >= 0.6 is 0 Å². The van der Waals surface area contributed by atoms with Crippen molar-refractivity contribution in [1.82, 2.24) is 20.2 Å². The third-order valence-electron chi connectivity index (χ3n) is 7.90. The van der Waals surface area contributed by atoms with E-state index in [1.807, 2.05) is 35.4 Å². The Bertz CT molecular complexity index is 1050. The molecule has 0 radical (unpaired) electrons. The number of benzene rings is 2. The van der Waals surface area contributed by atoms with Crippen LogP contribution in [0.5, 0.6) is 5.75 Å². The van der Waals surface area contributed by atoms with E-state index in [2.05, 4.69) is 27.9 Å². The van der Waals surface area contributed by atoms with Gasteiger partial charge in [0.05, 0.1) is 0 Å². The quantitative estimate of drug-likeness (QED) is 0.582. The van der Waals surface area contributed by atoms with Gasteiger partial charge in [-0.3, -0.25) is 20.0 Å². The van der Waals surface area contributed by atoms with Gasteiger partial charge in [0.15, 0.2) is 0 Å². The molecule has 3 fully saturated rings. The number of hydrogen-bond acceptors (Lipinski definition) is 5. The topological polar surface area (TPSA) is 59.0 Å². The first-order chi connectivity index (χ1) is 17.1. The van der Waals surface area contributed by atoms with Gasteiger partial charge in [-0.1, -0.05) is 30.7 Å². The van der Waals surface area contributed by atoms with Gasteiger partial charge in [0.2, 0.25) is 0 Å². The maximum atomic E-state index is 13.1. The number of hydrazine groups is 1. The minimum Gasteiger partial charge on any atom is -0.508 e. The summed E-state index contributed by atoms with van der Waals surface area (Å²) in [4.78, 5) is 18.3. The number of carbonyl (C=O) groups is 1. The molecule has 2 aromatic carbocycles. The summed E-state index contributed by atoms with van der Waals surface area (Å²) >= 11 is 0. The van der Waals surface area contributed by atoms with Crippen molar-refractivity contribution in [3.8, 4) is 16.9 Å². The Balaban J connectivity index is 1.41. The summed E-state index contributed by atoms with van der Waals surface area (Å²) in [5, 5.41) is 12.2. The van der Waals surface area contributed by atoms with Gasteiger partial charge in [-0.2, -0.15) is 0 Å². The number of nitrogens with zero attached hydrogens (tertiary/aromatic N) is 3. The molecule has 0 aliphatic carbocycles. The highest BCUT2D eigenvalue weighted by atomic mass is 16.3. The average molecular weight is 475 g/mol. The Hall–Kier alpha value is -2.67. The van der Waals surface area contributed by atoms with Gasteiger partial charge in [-0.25, -0.2) is 5.01 Å². The molecular weight excluding hydrogens is 436 g/mol. The standard InChI is InChI=1S/C29H38N4O2/c1-2-14-31-17-13-25-11-12-26(21-31)33(25)20-24-10-9-23(29(35)30-32-15-4-3-5-16-32)19-28(24)22-7-6-8-27(34)18-22/h2,6-10,18-19,25-26,34H,1,3-5,11-17,20-21H2,(H,30,35). The van der Waals surface area contributed by atoms with E-state index in [1.54, 1.807) is 12.1 Å². The Morgan fingerprint density at radius 3 is 2.66 bits per heavy atom. The van der Waals surface area contributed by atoms with Crippen molar-refractivity contribution in [2.45, 2.75) is 57.2 Å². The molecule has 0 aromatic heterocycles. The number of amides is 1. The van der Waals surface area contributed by atoms with Crippen LogP contribution in [-0.4, -0.2) is 70.6 Å². The summed E-state index contributed by atoms with van der Waals surface area (Å²) in [5.41, 5.74) is 6.94. The minimum absolute atomic E-state index is 0.0604. The molecular formula is C29H38N4O2. The van der Waals surface area contributed by atoms with Crippen LogP contribution in [-0.2, 0) is 6.54 Å². The summed E-state index contributed by atoms with van der Waals surface area (Å²) in [6.45, 7) is 9.76. The molecule has 2 unspecified atom stereocenters. The molecule has 2 N–H and O–H groups in total. The van der Waals surface area contributed by atoms with Crippen molar-refractivity contribution >= 4 is 5.91 Å². The molecule has 2 aromatic rings. The SMILES string of the molecule is C=CCN1CCC2CCC(C1)N2Cc1ccc(C(=O)NN2CCCCC2)cc1-c1cccc(O)c1. The van der Waals surface area contributed by atoms with Crippen LogP contribution in [0.4, 0.5) is 0 Å². The number of piperidine rings is 1. The molecule has 3 aliphatic heterocycles. The molecule has 3 saturated heterocycles. The third-order valence-corrected chi connectivity index (χ3v) is 7.90. The van der Waals surface area contributed by atoms with E-state index < -0.39 is 0 Å². The van der Waals surface area contributed by atoms with Crippen LogP contribution < -0.4 is 5.43 Å². The zero-order valence-electron chi connectivity index (χ0n) is 20.7. The lowest BCUT2D eigenvalue weighted by Gasteiger charge is -2.30. The van der Waals surface area contributed by atoms with Gasteiger partial charge in [-0.05, 0) is 73.1 Å². The number of fused-ring (bicyclic) bond motifs is 2. The van der Waals surface area contributed by atoms with Crippen LogP contribution in [0.25, 0.3) is 11.1 Å². The second kappa shape index (κ2) is 10.9. The third kappa shape index (κ3) is 5.61. The summed E-state index contributed by atoms with van der Waals surface area (Å²) < 4.78 is 0. The Kier molecular flexibility index (Phi) is 7.51. The first kappa shape index (κ1) is 24.0. The van der Waals surface area contributed by atoms with Crippen LogP contribution in [0.2, 0.25) is 0 Å². The molecule has 5 rings (SSSR count). The lowest BCUT2D eigenvalue weighted by atomic mass is 9.96. The number of carbonyl (C=O) groups excluding carboxylic acids is 1. The second-order valence-corrected chi connectivity index (χ2v) is 10.3. The van der Waals surface area contributed by atoms with Gasteiger partial charge >= 0.3 is 0 Å². The molecule has 1 amide bonds.